The number of ether oxygens (including phenoxy) is 1. The molecule has 1 atom stereocenters. The lowest BCUT2D eigenvalue weighted by molar-refractivity contribution is 0.0842. The normalized spacial score (nSPS) is 22.2. The van der Waals surface area contributed by atoms with Crippen LogP contribution in [0.2, 0.25) is 0 Å². The molecule has 5 heteroatoms. The van der Waals surface area contributed by atoms with Gasteiger partial charge in [0.2, 0.25) is 0 Å². The predicted molar refractivity (Wildman–Crippen MR) is 93.0 cm³/mol. The molecule has 3 rings (SSSR count). The molecule has 1 unspecified atom stereocenters. The van der Waals surface area contributed by atoms with Crippen molar-refractivity contribution in [2.24, 2.45) is 0 Å². The third-order valence-electron chi connectivity index (χ3n) is 4.88. The number of likely N-dealkylation sites (tertiary alicyclic amines) is 1. The van der Waals surface area contributed by atoms with Gasteiger partial charge in [-0.05, 0) is 56.2 Å². The van der Waals surface area contributed by atoms with Crippen LogP contribution in [0, 0.1) is 0 Å². The zero-order chi connectivity index (χ0) is 16.8. The molecule has 1 aromatic rings. The number of amides is 2. The lowest BCUT2D eigenvalue weighted by atomic mass is 9.98. The summed E-state index contributed by atoms with van der Waals surface area (Å²) in [5.41, 5.74) is 1.04. The summed E-state index contributed by atoms with van der Waals surface area (Å²) in [5, 5.41) is 12.6. The van der Waals surface area contributed by atoms with E-state index in [4.69, 9.17) is 4.74 Å². The minimum Gasteiger partial charge on any atom is -0.490 e. The fourth-order valence-electron chi connectivity index (χ4n) is 3.53. The molecule has 2 amide bonds. The third kappa shape index (κ3) is 4.87. The molecule has 1 aliphatic heterocycles. The van der Waals surface area contributed by atoms with Crippen molar-refractivity contribution in [1.29, 1.82) is 0 Å². The molecular weight excluding hydrogens is 304 g/mol. The van der Waals surface area contributed by atoms with Crippen LogP contribution in [0.4, 0.5) is 4.79 Å². The summed E-state index contributed by atoms with van der Waals surface area (Å²) in [4.78, 5) is 13.9. The maximum atomic E-state index is 12.2. The summed E-state index contributed by atoms with van der Waals surface area (Å²) >= 11 is 0. The maximum absolute atomic E-state index is 12.2. The van der Waals surface area contributed by atoms with Gasteiger partial charge < -0.3 is 20.1 Å². The number of nitrogens with one attached hydrogen (secondary N) is 1. The first-order valence-electron chi connectivity index (χ1n) is 9.17. The average molecular weight is 332 g/mol. The van der Waals surface area contributed by atoms with Crippen molar-refractivity contribution in [2.75, 3.05) is 13.1 Å². The lowest BCUT2D eigenvalue weighted by Crippen LogP contribution is -2.46. The van der Waals surface area contributed by atoms with Crippen LogP contribution in [-0.2, 0) is 6.54 Å². The number of carbonyl (C=O) groups excluding carboxylic acids is 1. The SMILES string of the molecule is O=C(NCc1cccc(OC2CCCCC2)c1)N1CCCC(O)C1. The Labute approximate surface area is 144 Å². The topological polar surface area (TPSA) is 61.8 Å². The van der Waals surface area contributed by atoms with E-state index in [1.807, 2.05) is 24.3 Å². The molecule has 1 saturated heterocycles. The Hall–Kier alpha value is -1.75. The van der Waals surface area contributed by atoms with E-state index >= 15 is 0 Å². The molecule has 1 heterocycles. The van der Waals surface area contributed by atoms with Crippen molar-refractivity contribution < 1.29 is 14.6 Å². The number of aliphatic hydroxyl groups excluding tert-OH is 1. The zero-order valence-electron chi connectivity index (χ0n) is 14.2. The number of piperidine rings is 1. The van der Waals surface area contributed by atoms with Gasteiger partial charge in [0.15, 0.2) is 0 Å². The van der Waals surface area contributed by atoms with Gasteiger partial charge in [0.1, 0.15) is 5.75 Å². The van der Waals surface area contributed by atoms with Crippen LogP contribution >= 0.6 is 0 Å². The molecule has 1 aliphatic carbocycles. The number of hydrogen-bond acceptors (Lipinski definition) is 3. The molecule has 0 radical (unpaired) electrons. The molecular formula is C19H28N2O3. The van der Waals surface area contributed by atoms with Crippen molar-refractivity contribution in [2.45, 2.75) is 63.7 Å². The molecule has 0 spiro atoms. The minimum absolute atomic E-state index is 0.104. The second-order valence-electron chi connectivity index (χ2n) is 6.93. The quantitative estimate of drug-likeness (QED) is 0.891. The number of benzene rings is 1. The van der Waals surface area contributed by atoms with Crippen LogP contribution in [-0.4, -0.2) is 41.3 Å². The van der Waals surface area contributed by atoms with Gasteiger partial charge >= 0.3 is 6.03 Å². The van der Waals surface area contributed by atoms with Gasteiger partial charge in [-0.1, -0.05) is 18.6 Å². The molecule has 1 aromatic carbocycles. The molecule has 0 bridgehead atoms. The molecule has 1 saturated carbocycles. The van der Waals surface area contributed by atoms with Crippen LogP contribution in [0.3, 0.4) is 0 Å². The highest BCUT2D eigenvalue weighted by Gasteiger charge is 2.21. The molecule has 2 fully saturated rings. The van der Waals surface area contributed by atoms with Crippen LogP contribution < -0.4 is 10.1 Å². The number of hydrogen-bond donors (Lipinski definition) is 2. The van der Waals surface area contributed by atoms with E-state index in [0.717, 1.165) is 37.0 Å². The molecule has 2 aliphatic rings. The first-order valence-corrected chi connectivity index (χ1v) is 9.17. The van der Waals surface area contributed by atoms with Gasteiger partial charge in [0, 0.05) is 19.6 Å². The van der Waals surface area contributed by atoms with Crippen LogP contribution in [0.5, 0.6) is 5.75 Å². The second-order valence-corrected chi connectivity index (χ2v) is 6.93. The van der Waals surface area contributed by atoms with Gasteiger partial charge in [0.25, 0.3) is 0 Å². The van der Waals surface area contributed by atoms with Gasteiger partial charge in [-0.3, -0.25) is 0 Å². The summed E-state index contributed by atoms with van der Waals surface area (Å²) in [7, 11) is 0. The molecule has 132 valence electrons. The van der Waals surface area contributed by atoms with E-state index in [0.29, 0.717) is 25.7 Å². The summed E-state index contributed by atoms with van der Waals surface area (Å²) in [6.07, 6.45) is 7.68. The monoisotopic (exact) mass is 332 g/mol. The van der Waals surface area contributed by atoms with Gasteiger partial charge in [-0.25, -0.2) is 4.79 Å². The standard InChI is InChI=1S/C19H28N2O3/c22-16-7-5-11-21(14-16)19(23)20-13-15-6-4-10-18(12-15)24-17-8-2-1-3-9-17/h4,6,10,12,16-17,22H,1-3,5,7-9,11,13-14H2,(H,20,23). The van der Waals surface area contributed by atoms with Crippen LogP contribution in [0.15, 0.2) is 24.3 Å². The van der Waals surface area contributed by atoms with Crippen LogP contribution in [0.1, 0.15) is 50.5 Å². The zero-order valence-corrected chi connectivity index (χ0v) is 14.2. The van der Waals surface area contributed by atoms with Crippen molar-refractivity contribution in [1.82, 2.24) is 10.2 Å². The second kappa shape index (κ2) is 8.38. The Bertz CT molecular complexity index is 543. The third-order valence-corrected chi connectivity index (χ3v) is 4.88. The molecule has 2 N–H and O–H groups in total. The number of nitrogens with zero attached hydrogens (tertiary/aromatic N) is 1. The predicted octanol–water partition coefficient (Wildman–Crippen LogP) is 3.06. The smallest absolute Gasteiger partial charge is 0.317 e. The maximum Gasteiger partial charge on any atom is 0.317 e. The highest BCUT2D eigenvalue weighted by atomic mass is 16.5. The summed E-state index contributed by atoms with van der Waals surface area (Å²) < 4.78 is 6.08. The first kappa shape index (κ1) is 17.1. The largest absolute Gasteiger partial charge is 0.490 e. The van der Waals surface area contributed by atoms with Gasteiger partial charge in [-0.15, -0.1) is 0 Å². The van der Waals surface area contributed by atoms with Gasteiger partial charge in [-0.2, -0.15) is 0 Å². The highest BCUT2D eigenvalue weighted by Crippen LogP contribution is 2.24. The highest BCUT2D eigenvalue weighted by molar-refractivity contribution is 5.74. The lowest BCUT2D eigenvalue weighted by Gasteiger charge is -2.30. The van der Waals surface area contributed by atoms with Crippen molar-refractivity contribution in [3.05, 3.63) is 29.8 Å². The Morgan fingerprint density at radius 1 is 1.21 bits per heavy atom. The Kier molecular flexibility index (Phi) is 5.96. The van der Waals surface area contributed by atoms with Crippen molar-refractivity contribution in [3.8, 4) is 5.75 Å². The number of carbonyl (C=O) groups is 1. The number of aliphatic hydroxyl groups is 1. The average Bonchev–Trinajstić information content (AvgIpc) is 2.61. The summed E-state index contributed by atoms with van der Waals surface area (Å²) in [5.74, 6) is 0.891. The number of urea groups is 1. The molecule has 0 aromatic heterocycles. The summed E-state index contributed by atoms with van der Waals surface area (Å²) in [6.45, 7) is 1.62. The molecule has 24 heavy (non-hydrogen) atoms. The van der Waals surface area contributed by atoms with E-state index in [1.54, 1.807) is 4.90 Å². The van der Waals surface area contributed by atoms with Crippen molar-refractivity contribution in [3.63, 3.8) is 0 Å². The molecule has 5 nitrogen and oxygen atoms in total. The first-order chi connectivity index (χ1) is 11.7. The Morgan fingerprint density at radius 2 is 2.04 bits per heavy atom. The minimum atomic E-state index is -0.392. The van der Waals surface area contributed by atoms with E-state index in [-0.39, 0.29) is 6.03 Å². The van der Waals surface area contributed by atoms with E-state index < -0.39 is 6.10 Å². The fourth-order valence-corrected chi connectivity index (χ4v) is 3.53. The number of rotatable bonds is 4. The van der Waals surface area contributed by atoms with Crippen LogP contribution in [0.25, 0.3) is 0 Å². The Morgan fingerprint density at radius 3 is 2.83 bits per heavy atom. The van der Waals surface area contributed by atoms with E-state index in [1.165, 1.54) is 19.3 Å². The van der Waals surface area contributed by atoms with Crippen molar-refractivity contribution >= 4 is 6.03 Å². The van der Waals surface area contributed by atoms with Gasteiger partial charge in [0.05, 0.1) is 12.2 Å². The van der Waals surface area contributed by atoms with E-state index in [9.17, 15) is 9.90 Å². The number of β-amino-alcohol motifs (C(OH)–C–C–N with tert-alkyl or cyclic N) is 1. The van der Waals surface area contributed by atoms with E-state index in [2.05, 4.69) is 5.32 Å². The summed E-state index contributed by atoms with van der Waals surface area (Å²) in [6, 6.07) is 7.87. The fraction of sp³-hybridized carbons (Fsp3) is 0.632. The Balaban J connectivity index is 1.49.